The maximum Gasteiger partial charge on any atom is 0.307 e. The molecule has 2 bridgehead atoms. The maximum atomic E-state index is 15.1. The molecule has 214 valence electrons. The molecule has 0 spiro atoms. The van der Waals surface area contributed by atoms with E-state index in [1.807, 2.05) is 67.5 Å². The molecule has 3 atom stereocenters. The number of carbonyl (C=O) groups excluding carboxylic acids is 4. The van der Waals surface area contributed by atoms with Gasteiger partial charge in [-0.3, -0.25) is 19.2 Å². The number of hydrogen-bond donors (Lipinski definition) is 0. The first-order valence-electron chi connectivity index (χ1n) is 14.1. The van der Waals surface area contributed by atoms with E-state index in [1.54, 1.807) is 30.3 Å². The molecule has 0 aromatic heterocycles. The minimum atomic E-state index is -1.96. The topological polar surface area (TPSA) is 77.5 Å². The first-order chi connectivity index (χ1) is 18.6. The molecule has 0 amide bonds. The molecule has 0 heterocycles. The Bertz CT molecular complexity index is 1320. The lowest BCUT2D eigenvalue weighted by atomic mass is 9.39. The number of fused-ring (bicyclic) bond motifs is 2. The second-order valence-electron chi connectivity index (χ2n) is 12.7. The minimum absolute atomic E-state index is 0.124. The zero-order chi connectivity index (χ0) is 30.0. The van der Waals surface area contributed by atoms with Crippen molar-refractivity contribution in [3.8, 4) is 0 Å². The summed E-state index contributed by atoms with van der Waals surface area (Å²) in [4.78, 5) is 57.3. The van der Waals surface area contributed by atoms with Crippen LogP contribution in [0.5, 0.6) is 0 Å². The van der Waals surface area contributed by atoms with E-state index in [1.165, 1.54) is 6.92 Å². The van der Waals surface area contributed by atoms with E-state index in [0.29, 0.717) is 18.4 Å². The maximum absolute atomic E-state index is 15.1. The van der Waals surface area contributed by atoms with Crippen molar-refractivity contribution in [3.63, 3.8) is 0 Å². The van der Waals surface area contributed by atoms with Gasteiger partial charge in [-0.1, -0.05) is 79.1 Å². The standard InChI is InChI=1S/C35H44O5/c1-22(2)15-17-27-21-34(20-19-24(5)6)31(40-25(7)36)28(18-16-23(3)4)30(38)35(32(34)39,33(27,8)9)29(37)26-13-11-10-12-14-26/h10-16,19,27H,17-18,20-21H2,1-9H3. The Morgan fingerprint density at radius 2 is 1.45 bits per heavy atom. The largest absolute Gasteiger partial charge is 0.430 e. The number of allylic oxidation sites excluding steroid dienone is 8. The fourth-order valence-electron chi connectivity index (χ4n) is 6.44. The number of carbonyl (C=O) groups is 4. The van der Waals surface area contributed by atoms with Crippen LogP contribution < -0.4 is 0 Å². The van der Waals surface area contributed by atoms with Gasteiger partial charge in [-0.15, -0.1) is 0 Å². The third kappa shape index (κ3) is 5.23. The van der Waals surface area contributed by atoms with E-state index in [-0.39, 0.29) is 30.1 Å². The van der Waals surface area contributed by atoms with Gasteiger partial charge in [0.25, 0.3) is 0 Å². The van der Waals surface area contributed by atoms with Gasteiger partial charge in [0.2, 0.25) is 0 Å². The highest BCUT2D eigenvalue weighted by molar-refractivity contribution is 6.36. The molecule has 2 aliphatic carbocycles. The van der Waals surface area contributed by atoms with Gasteiger partial charge in [-0.2, -0.15) is 0 Å². The quantitative estimate of drug-likeness (QED) is 0.137. The normalized spacial score (nSPS) is 25.2. The Morgan fingerprint density at radius 3 is 1.98 bits per heavy atom. The van der Waals surface area contributed by atoms with E-state index >= 15 is 4.79 Å². The molecule has 5 nitrogen and oxygen atoms in total. The highest BCUT2D eigenvalue weighted by Gasteiger charge is 2.75. The molecule has 0 N–H and O–H groups in total. The number of rotatable bonds is 9. The fourth-order valence-corrected chi connectivity index (χ4v) is 6.44. The zero-order valence-corrected chi connectivity index (χ0v) is 25.6. The van der Waals surface area contributed by atoms with Gasteiger partial charge in [0.15, 0.2) is 22.8 Å². The Kier molecular flexibility index (Phi) is 9.08. The Morgan fingerprint density at radius 1 is 0.875 bits per heavy atom. The van der Waals surface area contributed by atoms with Gasteiger partial charge < -0.3 is 4.74 Å². The zero-order valence-electron chi connectivity index (χ0n) is 25.6. The van der Waals surface area contributed by atoms with E-state index in [4.69, 9.17) is 4.74 Å². The number of benzene rings is 1. The summed E-state index contributed by atoms with van der Waals surface area (Å²) >= 11 is 0. The number of ether oxygens (including phenoxy) is 1. The van der Waals surface area contributed by atoms with Crippen molar-refractivity contribution in [2.24, 2.45) is 22.2 Å². The van der Waals surface area contributed by atoms with Crippen molar-refractivity contribution in [3.05, 3.63) is 82.2 Å². The van der Waals surface area contributed by atoms with Gasteiger partial charge >= 0.3 is 5.97 Å². The summed E-state index contributed by atoms with van der Waals surface area (Å²) < 4.78 is 5.88. The lowest BCUT2D eigenvalue weighted by Crippen LogP contribution is -2.69. The number of ketones is 3. The predicted octanol–water partition coefficient (Wildman–Crippen LogP) is 7.93. The van der Waals surface area contributed by atoms with Crippen LogP contribution in [-0.4, -0.2) is 23.3 Å². The third-order valence-electron chi connectivity index (χ3n) is 8.69. The van der Waals surface area contributed by atoms with Crippen molar-refractivity contribution in [1.29, 1.82) is 0 Å². The fraction of sp³-hybridized carbons (Fsp3) is 0.486. The minimum Gasteiger partial charge on any atom is -0.430 e. The summed E-state index contributed by atoms with van der Waals surface area (Å²) in [7, 11) is 0. The number of hydrogen-bond acceptors (Lipinski definition) is 5. The first-order valence-corrected chi connectivity index (χ1v) is 14.1. The van der Waals surface area contributed by atoms with Crippen LogP contribution in [0.25, 0.3) is 0 Å². The molecule has 1 aromatic carbocycles. The van der Waals surface area contributed by atoms with Crippen molar-refractivity contribution in [2.45, 2.75) is 88.0 Å². The Balaban J connectivity index is 2.54. The van der Waals surface area contributed by atoms with Gasteiger partial charge in [-0.25, -0.2) is 0 Å². The second-order valence-corrected chi connectivity index (χ2v) is 12.7. The summed E-state index contributed by atoms with van der Waals surface area (Å²) in [6.07, 6.45) is 7.34. The van der Waals surface area contributed by atoms with E-state index in [2.05, 4.69) is 6.08 Å². The summed E-state index contributed by atoms with van der Waals surface area (Å²) in [6.45, 7) is 16.9. The predicted molar refractivity (Wildman–Crippen MR) is 158 cm³/mol. The number of esters is 1. The van der Waals surface area contributed by atoms with Crippen molar-refractivity contribution in [1.82, 2.24) is 0 Å². The van der Waals surface area contributed by atoms with Crippen LogP contribution in [-0.2, 0) is 19.1 Å². The molecule has 0 aliphatic heterocycles. The van der Waals surface area contributed by atoms with Crippen LogP contribution in [0.3, 0.4) is 0 Å². The van der Waals surface area contributed by atoms with Gasteiger partial charge in [0.05, 0.1) is 5.41 Å². The van der Waals surface area contributed by atoms with Crippen molar-refractivity contribution in [2.75, 3.05) is 0 Å². The third-order valence-corrected chi connectivity index (χ3v) is 8.69. The van der Waals surface area contributed by atoms with E-state index in [9.17, 15) is 14.4 Å². The smallest absolute Gasteiger partial charge is 0.307 e. The molecule has 5 heteroatoms. The summed E-state index contributed by atoms with van der Waals surface area (Å²) in [5, 5.41) is 0. The summed E-state index contributed by atoms with van der Waals surface area (Å²) in [5.74, 6) is -2.15. The first kappa shape index (κ1) is 31.2. The van der Waals surface area contributed by atoms with Gasteiger partial charge in [0.1, 0.15) is 5.76 Å². The molecule has 40 heavy (non-hydrogen) atoms. The molecule has 1 saturated carbocycles. The molecule has 0 saturated heterocycles. The van der Waals surface area contributed by atoms with E-state index < -0.39 is 39.6 Å². The molecular formula is C35H44O5. The summed E-state index contributed by atoms with van der Waals surface area (Å²) in [6, 6.07) is 8.65. The monoisotopic (exact) mass is 544 g/mol. The lowest BCUT2D eigenvalue weighted by Gasteiger charge is -2.59. The SMILES string of the molecule is CC(=O)OC1=C(CC=C(C)C)C(=O)C2(C(=O)c3ccccc3)C(=O)C1(CC=C(C)C)CC(CC=C(C)C)C2(C)C. The van der Waals surface area contributed by atoms with Crippen molar-refractivity contribution < 1.29 is 23.9 Å². The van der Waals surface area contributed by atoms with Crippen LogP contribution in [0.4, 0.5) is 0 Å². The highest BCUT2D eigenvalue weighted by Crippen LogP contribution is 2.66. The molecule has 1 aromatic rings. The van der Waals surface area contributed by atoms with E-state index in [0.717, 1.165) is 16.7 Å². The van der Waals surface area contributed by atoms with Crippen LogP contribution >= 0.6 is 0 Å². The molecule has 0 radical (unpaired) electrons. The average Bonchev–Trinajstić information content (AvgIpc) is 2.86. The Hall–Kier alpha value is -3.34. The van der Waals surface area contributed by atoms with Crippen LogP contribution in [0, 0.1) is 22.2 Å². The van der Waals surface area contributed by atoms with Crippen LogP contribution in [0.1, 0.15) is 98.4 Å². The molecule has 1 fully saturated rings. The summed E-state index contributed by atoms with van der Waals surface area (Å²) in [5.41, 5.74) is -0.633. The van der Waals surface area contributed by atoms with Crippen LogP contribution in [0.15, 0.2) is 76.6 Å². The lowest BCUT2D eigenvalue weighted by molar-refractivity contribution is -0.167. The molecule has 3 rings (SSSR count). The average molecular weight is 545 g/mol. The second kappa shape index (κ2) is 11.6. The molecular weight excluding hydrogens is 500 g/mol. The van der Waals surface area contributed by atoms with Gasteiger partial charge in [-0.05, 0) is 78.6 Å². The van der Waals surface area contributed by atoms with Crippen molar-refractivity contribution >= 4 is 23.3 Å². The highest BCUT2D eigenvalue weighted by atomic mass is 16.5. The van der Waals surface area contributed by atoms with Crippen LogP contribution in [0.2, 0.25) is 0 Å². The molecule has 3 unspecified atom stereocenters. The molecule has 2 aliphatic rings. The Labute approximate surface area is 239 Å². The number of Topliss-reactive ketones (excluding diaryl/α,β-unsaturated/α-hetero) is 3. The van der Waals surface area contributed by atoms with Gasteiger partial charge in [0, 0.05) is 18.1 Å².